The number of carbonyl (C=O) groups excluding carboxylic acids is 1. The van der Waals surface area contributed by atoms with Crippen molar-refractivity contribution < 1.29 is 9.32 Å². The van der Waals surface area contributed by atoms with Gasteiger partial charge < -0.3 is 9.84 Å². The second-order valence-corrected chi connectivity index (χ2v) is 7.15. The number of hydrogen-bond acceptors (Lipinski definition) is 5. The molecule has 0 aliphatic carbocycles. The summed E-state index contributed by atoms with van der Waals surface area (Å²) >= 11 is 0. The molecule has 0 atom stereocenters. The summed E-state index contributed by atoms with van der Waals surface area (Å²) < 4.78 is 5.30. The van der Waals surface area contributed by atoms with E-state index in [4.69, 9.17) is 4.52 Å². The van der Waals surface area contributed by atoms with E-state index in [1.807, 2.05) is 36.4 Å². The summed E-state index contributed by atoms with van der Waals surface area (Å²) in [5.74, 6) is 0.990. The molecular formula is C24H24N4O2. The minimum Gasteiger partial charge on any atom is -0.356 e. The minimum absolute atomic E-state index is 0.0322. The predicted molar refractivity (Wildman–Crippen MR) is 116 cm³/mol. The van der Waals surface area contributed by atoms with Crippen LogP contribution in [0.2, 0.25) is 0 Å². The number of aromatic nitrogens is 3. The summed E-state index contributed by atoms with van der Waals surface area (Å²) in [5, 5.41) is 8.10. The Bertz CT molecular complexity index is 1130. The number of carbonyl (C=O) groups is 1. The molecule has 0 aliphatic rings. The molecule has 152 valence electrons. The third-order valence-electron chi connectivity index (χ3n) is 5.09. The van der Waals surface area contributed by atoms with E-state index in [0.717, 1.165) is 34.9 Å². The highest BCUT2D eigenvalue weighted by Crippen LogP contribution is 2.18. The average Bonchev–Trinajstić information content (AvgIpc) is 3.27. The van der Waals surface area contributed by atoms with Crippen molar-refractivity contribution in [3.63, 3.8) is 0 Å². The Balaban J connectivity index is 1.26. The number of nitrogens with one attached hydrogen (secondary N) is 1. The van der Waals surface area contributed by atoms with Crippen molar-refractivity contribution >= 4 is 16.8 Å². The van der Waals surface area contributed by atoms with Crippen LogP contribution in [0.3, 0.4) is 0 Å². The van der Waals surface area contributed by atoms with Gasteiger partial charge in [-0.1, -0.05) is 60.6 Å². The first-order valence-corrected chi connectivity index (χ1v) is 10.2. The van der Waals surface area contributed by atoms with E-state index in [2.05, 4.69) is 45.6 Å². The number of nitrogens with zero attached hydrogens (tertiary/aromatic N) is 3. The molecular weight excluding hydrogens is 376 g/mol. The standard InChI is InChI=1S/C24H24N4O2/c1-2-17-8-10-20(11-9-17)24-27-22(30-28-24)13-12-21(29)25-16-14-19-6-3-5-18-7-4-15-26-23(18)19/h3-11,15H,2,12-14,16H2,1H3,(H,25,29). The van der Waals surface area contributed by atoms with Crippen LogP contribution in [-0.2, 0) is 24.1 Å². The number of hydrogen-bond donors (Lipinski definition) is 1. The Morgan fingerprint density at radius 1 is 1.03 bits per heavy atom. The maximum atomic E-state index is 12.2. The summed E-state index contributed by atoms with van der Waals surface area (Å²) in [6.07, 6.45) is 4.25. The van der Waals surface area contributed by atoms with E-state index in [-0.39, 0.29) is 5.91 Å². The largest absolute Gasteiger partial charge is 0.356 e. The lowest BCUT2D eigenvalue weighted by Crippen LogP contribution is -2.26. The lowest BCUT2D eigenvalue weighted by molar-refractivity contribution is -0.121. The summed E-state index contributed by atoms with van der Waals surface area (Å²) in [6, 6.07) is 18.2. The van der Waals surface area contributed by atoms with Crippen molar-refractivity contribution in [2.75, 3.05) is 6.54 Å². The van der Waals surface area contributed by atoms with Crippen LogP contribution in [0.4, 0.5) is 0 Å². The van der Waals surface area contributed by atoms with Crippen LogP contribution in [0, 0.1) is 0 Å². The van der Waals surface area contributed by atoms with Gasteiger partial charge in [0.1, 0.15) is 0 Å². The van der Waals surface area contributed by atoms with Gasteiger partial charge in [0.2, 0.25) is 17.6 Å². The molecule has 0 saturated carbocycles. The molecule has 2 aromatic heterocycles. The summed E-state index contributed by atoms with van der Waals surface area (Å²) in [6.45, 7) is 2.68. The van der Waals surface area contributed by atoms with Crippen molar-refractivity contribution in [1.82, 2.24) is 20.4 Å². The molecule has 0 fully saturated rings. The Hall–Kier alpha value is -3.54. The smallest absolute Gasteiger partial charge is 0.227 e. The van der Waals surface area contributed by atoms with E-state index in [9.17, 15) is 4.79 Å². The molecule has 2 aromatic carbocycles. The van der Waals surface area contributed by atoms with Crippen molar-refractivity contribution in [1.29, 1.82) is 0 Å². The first-order valence-electron chi connectivity index (χ1n) is 10.2. The fourth-order valence-electron chi connectivity index (χ4n) is 3.38. The first kappa shape index (κ1) is 19.8. The van der Waals surface area contributed by atoms with Gasteiger partial charge in [0.05, 0.1) is 5.52 Å². The topological polar surface area (TPSA) is 80.9 Å². The van der Waals surface area contributed by atoms with Gasteiger partial charge in [0, 0.05) is 36.5 Å². The third kappa shape index (κ3) is 4.71. The summed E-state index contributed by atoms with van der Waals surface area (Å²) in [5.41, 5.74) is 4.29. The number of para-hydroxylation sites is 1. The van der Waals surface area contributed by atoms with Crippen molar-refractivity contribution in [3.8, 4) is 11.4 Å². The fourth-order valence-corrected chi connectivity index (χ4v) is 3.38. The molecule has 6 heteroatoms. The van der Waals surface area contributed by atoms with Gasteiger partial charge in [-0.15, -0.1) is 0 Å². The molecule has 30 heavy (non-hydrogen) atoms. The number of aryl methyl sites for hydroxylation is 2. The van der Waals surface area contributed by atoms with Crippen LogP contribution in [0.1, 0.15) is 30.4 Å². The number of rotatable bonds is 8. The van der Waals surface area contributed by atoms with Gasteiger partial charge in [-0.25, -0.2) is 0 Å². The van der Waals surface area contributed by atoms with Crippen LogP contribution in [0.5, 0.6) is 0 Å². The van der Waals surface area contributed by atoms with E-state index in [1.54, 1.807) is 6.20 Å². The SMILES string of the molecule is CCc1ccc(-c2noc(CCC(=O)NCCc3cccc4cccnc34)n2)cc1. The predicted octanol–water partition coefficient (Wildman–Crippen LogP) is 4.14. The quantitative estimate of drug-likeness (QED) is 0.481. The van der Waals surface area contributed by atoms with E-state index in [0.29, 0.717) is 31.1 Å². The highest BCUT2D eigenvalue weighted by molar-refractivity contribution is 5.81. The zero-order valence-corrected chi connectivity index (χ0v) is 17.0. The summed E-state index contributed by atoms with van der Waals surface area (Å²) in [4.78, 5) is 21.1. The van der Waals surface area contributed by atoms with Crippen molar-refractivity contribution in [3.05, 3.63) is 77.8 Å². The van der Waals surface area contributed by atoms with Crippen LogP contribution in [0.25, 0.3) is 22.3 Å². The zero-order valence-electron chi connectivity index (χ0n) is 17.0. The second-order valence-electron chi connectivity index (χ2n) is 7.15. The molecule has 1 N–H and O–H groups in total. The monoisotopic (exact) mass is 400 g/mol. The second kappa shape index (κ2) is 9.31. The molecule has 2 heterocycles. The lowest BCUT2D eigenvalue weighted by atomic mass is 10.1. The molecule has 0 spiro atoms. The number of benzene rings is 2. The third-order valence-corrected chi connectivity index (χ3v) is 5.09. The number of pyridine rings is 1. The Kier molecular flexibility index (Phi) is 6.13. The van der Waals surface area contributed by atoms with Gasteiger partial charge in [0.15, 0.2) is 0 Å². The van der Waals surface area contributed by atoms with Crippen LogP contribution in [0.15, 0.2) is 65.3 Å². The Morgan fingerprint density at radius 3 is 2.70 bits per heavy atom. The number of amides is 1. The molecule has 0 aliphatic heterocycles. The van der Waals surface area contributed by atoms with Gasteiger partial charge >= 0.3 is 0 Å². The van der Waals surface area contributed by atoms with E-state index in [1.165, 1.54) is 5.56 Å². The van der Waals surface area contributed by atoms with E-state index < -0.39 is 0 Å². The molecule has 1 amide bonds. The molecule has 4 rings (SSSR count). The van der Waals surface area contributed by atoms with Crippen molar-refractivity contribution in [2.45, 2.75) is 32.6 Å². The van der Waals surface area contributed by atoms with Crippen LogP contribution in [-0.4, -0.2) is 27.6 Å². The van der Waals surface area contributed by atoms with Crippen LogP contribution >= 0.6 is 0 Å². The highest BCUT2D eigenvalue weighted by Gasteiger charge is 2.11. The Labute approximate surface area is 175 Å². The molecule has 4 aromatic rings. The summed E-state index contributed by atoms with van der Waals surface area (Å²) in [7, 11) is 0. The molecule has 0 radical (unpaired) electrons. The van der Waals surface area contributed by atoms with E-state index >= 15 is 0 Å². The van der Waals surface area contributed by atoms with Crippen molar-refractivity contribution in [2.24, 2.45) is 0 Å². The molecule has 0 unspecified atom stereocenters. The fraction of sp³-hybridized carbons (Fsp3) is 0.250. The maximum Gasteiger partial charge on any atom is 0.227 e. The van der Waals surface area contributed by atoms with Gasteiger partial charge in [-0.2, -0.15) is 4.98 Å². The van der Waals surface area contributed by atoms with Gasteiger partial charge in [-0.3, -0.25) is 9.78 Å². The lowest BCUT2D eigenvalue weighted by Gasteiger charge is -2.07. The first-order chi connectivity index (χ1) is 14.7. The highest BCUT2D eigenvalue weighted by atomic mass is 16.5. The zero-order chi connectivity index (χ0) is 20.8. The van der Waals surface area contributed by atoms with Crippen LogP contribution < -0.4 is 5.32 Å². The molecule has 0 bridgehead atoms. The van der Waals surface area contributed by atoms with Gasteiger partial charge in [-0.05, 0) is 30.0 Å². The maximum absolute atomic E-state index is 12.2. The normalized spacial score (nSPS) is 11.0. The molecule has 6 nitrogen and oxygen atoms in total. The van der Waals surface area contributed by atoms with Gasteiger partial charge in [0.25, 0.3) is 0 Å². The minimum atomic E-state index is -0.0322. The number of fused-ring (bicyclic) bond motifs is 1. The Morgan fingerprint density at radius 2 is 1.87 bits per heavy atom. The average molecular weight is 400 g/mol. The molecule has 0 saturated heterocycles.